The Bertz CT molecular complexity index is 698. The lowest BCUT2D eigenvalue weighted by molar-refractivity contribution is -0.0221. The van der Waals surface area contributed by atoms with Crippen molar-refractivity contribution in [3.63, 3.8) is 0 Å². The van der Waals surface area contributed by atoms with Gasteiger partial charge in [-0.25, -0.2) is 13.8 Å². The largest absolute Gasteiger partial charge is 0.508 e. The van der Waals surface area contributed by atoms with Crippen LogP contribution in [-0.4, -0.2) is 34.1 Å². The fourth-order valence-corrected chi connectivity index (χ4v) is 2.55. The van der Waals surface area contributed by atoms with Crippen molar-refractivity contribution in [1.29, 1.82) is 0 Å². The normalized spacial score (nSPS) is 17.1. The van der Waals surface area contributed by atoms with Crippen LogP contribution < -0.4 is 10.2 Å². The summed E-state index contributed by atoms with van der Waals surface area (Å²) in [6.45, 7) is 2.38. The summed E-state index contributed by atoms with van der Waals surface area (Å²) in [5.74, 6) is -1.43. The maximum absolute atomic E-state index is 13.3. The zero-order valence-corrected chi connectivity index (χ0v) is 12.8. The van der Waals surface area contributed by atoms with Gasteiger partial charge in [0.2, 0.25) is 5.95 Å². The minimum absolute atomic E-state index is 0.140. The Labute approximate surface area is 133 Å². The Morgan fingerprint density at radius 1 is 1.17 bits per heavy atom. The second kappa shape index (κ2) is 5.98. The number of anilines is 3. The Kier molecular flexibility index (Phi) is 4.02. The number of aryl methyl sites for hydroxylation is 1. The summed E-state index contributed by atoms with van der Waals surface area (Å²) in [5.41, 5.74) is 1.40. The molecule has 1 fully saturated rings. The van der Waals surface area contributed by atoms with Gasteiger partial charge in [-0.15, -0.1) is 0 Å². The Morgan fingerprint density at radius 3 is 2.61 bits per heavy atom. The molecule has 23 heavy (non-hydrogen) atoms. The van der Waals surface area contributed by atoms with Crippen LogP contribution in [0, 0.1) is 6.92 Å². The molecule has 0 unspecified atom stereocenters. The van der Waals surface area contributed by atoms with Crippen LogP contribution in [0.25, 0.3) is 0 Å². The number of nitrogens with one attached hydrogen (secondary N) is 1. The van der Waals surface area contributed by atoms with Crippen molar-refractivity contribution >= 4 is 17.5 Å². The van der Waals surface area contributed by atoms with E-state index in [0.717, 1.165) is 5.69 Å². The Balaban J connectivity index is 1.79. The van der Waals surface area contributed by atoms with E-state index < -0.39 is 5.92 Å². The van der Waals surface area contributed by atoms with E-state index in [-0.39, 0.29) is 31.7 Å². The van der Waals surface area contributed by atoms with Crippen molar-refractivity contribution in [2.75, 3.05) is 23.3 Å². The summed E-state index contributed by atoms with van der Waals surface area (Å²) in [7, 11) is 0. The molecule has 2 N–H and O–H groups in total. The van der Waals surface area contributed by atoms with Crippen LogP contribution in [0.5, 0.6) is 5.75 Å². The van der Waals surface area contributed by atoms with E-state index >= 15 is 0 Å². The molecule has 0 amide bonds. The van der Waals surface area contributed by atoms with Crippen molar-refractivity contribution in [2.45, 2.75) is 25.7 Å². The summed E-state index contributed by atoms with van der Waals surface area (Å²) in [6, 6.07) is 8.42. The van der Waals surface area contributed by atoms with Crippen LogP contribution in [0.1, 0.15) is 18.5 Å². The number of aromatic nitrogens is 2. The lowest BCUT2D eigenvalue weighted by atomic mass is 10.1. The second-order valence-corrected chi connectivity index (χ2v) is 5.71. The number of hydrogen-bond donors (Lipinski definition) is 2. The van der Waals surface area contributed by atoms with Gasteiger partial charge in [0.05, 0.1) is 0 Å². The molecule has 0 bridgehead atoms. The van der Waals surface area contributed by atoms with E-state index in [1.54, 1.807) is 30.3 Å². The fourth-order valence-electron chi connectivity index (χ4n) is 2.55. The van der Waals surface area contributed by atoms with Crippen molar-refractivity contribution in [1.82, 2.24) is 9.97 Å². The number of aromatic hydroxyl groups is 1. The zero-order valence-electron chi connectivity index (χ0n) is 12.8. The van der Waals surface area contributed by atoms with Crippen LogP contribution in [0.15, 0.2) is 30.3 Å². The molecule has 0 radical (unpaired) electrons. The molecule has 1 aliphatic rings. The highest BCUT2D eigenvalue weighted by molar-refractivity contribution is 5.57. The Morgan fingerprint density at radius 2 is 1.91 bits per heavy atom. The summed E-state index contributed by atoms with van der Waals surface area (Å²) >= 11 is 0. The highest BCUT2D eigenvalue weighted by Crippen LogP contribution is 2.30. The van der Waals surface area contributed by atoms with E-state index in [1.807, 2.05) is 11.8 Å². The van der Waals surface area contributed by atoms with Crippen LogP contribution in [0.3, 0.4) is 0 Å². The number of rotatable bonds is 3. The molecule has 2 aromatic rings. The average molecular weight is 320 g/mol. The van der Waals surface area contributed by atoms with Crippen molar-refractivity contribution in [2.24, 2.45) is 0 Å². The van der Waals surface area contributed by atoms with Crippen LogP contribution in [0.2, 0.25) is 0 Å². The van der Waals surface area contributed by atoms with Crippen molar-refractivity contribution in [3.8, 4) is 5.75 Å². The molecular weight excluding hydrogens is 302 g/mol. The van der Waals surface area contributed by atoms with E-state index in [9.17, 15) is 13.9 Å². The quantitative estimate of drug-likeness (QED) is 0.907. The summed E-state index contributed by atoms with van der Waals surface area (Å²) in [4.78, 5) is 10.6. The zero-order chi connectivity index (χ0) is 16.4. The van der Waals surface area contributed by atoms with Gasteiger partial charge in [0.25, 0.3) is 5.92 Å². The highest BCUT2D eigenvalue weighted by atomic mass is 19.3. The minimum Gasteiger partial charge on any atom is -0.508 e. The van der Waals surface area contributed by atoms with Gasteiger partial charge in [0.1, 0.15) is 11.6 Å². The molecule has 3 rings (SSSR count). The molecule has 0 atom stereocenters. The Hall–Kier alpha value is -2.44. The highest BCUT2D eigenvalue weighted by Gasteiger charge is 2.34. The van der Waals surface area contributed by atoms with Gasteiger partial charge in [-0.1, -0.05) is 6.07 Å². The molecule has 1 aromatic carbocycles. The van der Waals surface area contributed by atoms with Gasteiger partial charge in [-0.05, 0) is 19.1 Å². The van der Waals surface area contributed by atoms with Crippen LogP contribution >= 0.6 is 0 Å². The first-order chi connectivity index (χ1) is 10.9. The molecule has 1 aliphatic heterocycles. The maximum atomic E-state index is 13.3. The molecule has 7 heteroatoms. The average Bonchev–Trinajstić information content (AvgIpc) is 2.46. The summed E-state index contributed by atoms with van der Waals surface area (Å²) in [5, 5.41) is 12.5. The molecule has 1 aromatic heterocycles. The molecule has 0 saturated carbocycles. The number of hydrogen-bond acceptors (Lipinski definition) is 5. The van der Waals surface area contributed by atoms with Gasteiger partial charge in [-0.3, -0.25) is 0 Å². The summed E-state index contributed by atoms with van der Waals surface area (Å²) < 4.78 is 26.6. The van der Waals surface area contributed by atoms with Gasteiger partial charge >= 0.3 is 0 Å². The molecule has 2 heterocycles. The van der Waals surface area contributed by atoms with Gasteiger partial charge in [0.15, 0.2) is 0 Å². The molecule has 0 aliphatic carbocycles. The van der Waals surface area contributed by atoms with E-state index in [1.165, 1.54) is 0 Å². The number of piperidine rings is 1. The molecule has 1 saturated heterocycles. The predicted octanol–water partition coefficient (Wildman–Crippen LogP) is 3.47. The number of phenols is 1. The third-order valence-corrected chi connectivity index (χ3v) is 3.76. The minimum atomic E-state index is -2.58. The lowest BCUT2D eigenvalue weighted by Gasteiger charge is -2.32. The second-order valence-electron chi connectivity index (χ2n) is 5.71. The third-order valence-electron chi connectivity index (χ3n) is 3.76. The number of halogens is 2. The standard InChI is InChI=1S/C16H18F2N4O/c1-11-9-14(22-7-5-16(17,18)6-8-22)21-15(19-11)20-12-3-2-4-13(23)10-12/h2-4,9-10,23H,5-8H2,1H3,(H,19,20,21). The first kappa shape index (κ1) is 15.5. The molecular formula is C16H18F2N4O. The van der Waals surface area contributed by atoms with Crippen LogP contribution in [0.4, 0.5) is 26.2 Å². The number of phenolic OH excluding ortho intramolecular Hbond substituents is 1. The van der Waals surface area contributed by atoms with Crippen molar-refractivity contribution in [3.05, 3.63) is 36.0 Å². The van der Waals surface area contributed by atoms with E-state index in [2.05, 4.69) is 15.3 Å². The third kappa shape index (κ3) is 3.85. The monoisotopic (exact) mass is 320 g/mol. The first-order valence-corrected chi connectivity index (χ1v) is 7.46. The van der Waals surface area contributed by atoms with E-state index in [4.69, 9.17) is 0 Å². The van der Waals surface area contributed by atoms with E-state index in [0.29, 0.717) is 17.5 Å². The smallest absolute Gasteiger partial charge is 0.251 e. The summed E-state index contributed by atoms with van der Waals surface area (Å²) in [6.07, 6.45) is -0.323. The van der Waals surface area contributed by atoms with Gasteiger partial charge < -0.3 is 15.3 Å². The predicted molar refractivity (Wildman–Crippen MR) is 84.6 cm³/mol. The number of alkyl halides is 2. The SMILES string of the molecule is Cc1cc(N2CCC(F)(F)CC2)nc(Nc2cccc(O)c2)n1. The van der Waals surface area contributed by atoms with Gasteiger partial charge in [0, 0.05) is 49.4 Å². The first-order valence-electron chi connectivity index (χ1n) is 7.46. The van der Waals surface area contributed by atoms with Crippen molar-refractivity contribution < 1.29 is 13.9 Å². The lowest BCUT2D eigenvalue weighted by Crippen LogP contribution is -2.39. The number of nitrogens with zero attached hydrogens (tertiary/aromatic N) is 3. The topological polar surface area (TPSA) is 61.3 Å². The number of benzene rings is 1. The van der Waals surface area contributed by atoms with Crippen LogP contribution in [-0.2, 0) is 0 Å². The molecule has 0 spiro atoms. The molecule has 5 nitrogen and oxygen atoms in total. The molecule has 122 valence electrons. The van der Waals surface area contributed by atoms with Gasteiger partial charge in [-0.2, -0.15) is 4.98 Å². The fraction of sp³-hybridized carbons (Fsp3) is 0.375. The maximum Gasteiger partial charge on any atom is 0.251 e.